The fourth-order valence-electron chi connectivity index (χ4n) is 3.74. The second-order valence-electron chi connectivity index (χ2n) is 7.47. The number of benzene rings is 3. The van der Waals surface area contributed by atoms with E-state index in [0.29, 0.717) is 5.69 Å². The number of para-hydroxylation sites is 1. The van der Waals surface area contributed by atoms with Crippen molar-refractivity contribution < 1.29 is 9.18 Å². The van der Waals surface area contributed by atoms with Gasteiger partial charge >= 0.3 is 0 Å². The summed E-state index contributed by atoms with van der Waals surface area (Å²) in [5.41, 5.74) is 4.97. The number of fused-ring (bicyclic) bond motifs is 3. The van der Waals surface area contributed by atoms with E-state index in [1.165, 1.54) is 12.1 Å². The number of halogens is 1. The van der Waals surface area contributed by atoms with Crippen LogP contribution in [0.25, 0.3) is 33.1 Å². The molecule has 0 saturated heterocycles. The lowest BCUT2D eigenvalue weighted by Gasteiger charge is -2.07. The van der Waals surface area contributed by atoms with Crippen LogP contribution in [0.1, 0.15) is 5.56 Å². The number of aromatic nitrogens is 3. The molecule has 3 aromatic carbocycles. The van der Waals surface area contributed by atoms with Gasteiger partial charge in [-0.25, -0.2) is 4.39 Å². The normalized spacial score (nSPS) is 11.2. The van der Waals surface area contributed by atoms with Crippen LogP contribution in [0, 0.1) is 12.7 Å². The van der Waals surface area contributed by atoms with Crippen LogP contribution in [-0.2, 0) is 11.3 Å². The first-order valence-corrected chi connectivity index (χ1v) is 9.95. The fourth-order valence-corrected chi connectivity index (χ4v) is 3.74. The number of anilines is 1. The van der Waals surface area contributed by atoms with Crippen LogP contribution in [0.2, 0.25) is 0 Å². The van der Waals surface area contributed by atoms with E-state index < -0.39 is 5.82 Å². The van der Waals surface area contributed by atoms with E-state index >= 15 is 0 Å². The Labute approximate surface area is 178 Å². The molecule has 5 rings (SSSR count). The minimum atomic E-state index is -0.402. The topological polar surface area (TPSA) is 59.8 Å². The van der Waals surface area contributed by atoms with E-state index in [4.69, 9.17) is 5.10 Å². The number of rotatable bonds is 4. The minimum absolute atomic E-state index is 0.00706. The molecule has 0 atom stereocenters. The zero-order valence-electron chi connectivity index (χ0n) is 16.8. The van der Waals surface area contributed by atoms with Crippen molar-refractivity contribution in [3.8, 4) is 11.3 Å². The molecule has 2 heterocycles. The Morgan fingerprint density at radius 3 is 2.61 bits per heavy atom. The van der Waals surface area contributed by atoms with E-state index in [-0.39, 0.29) is 12.5 Å². The molecule has 1 amide bonds. The van der Waals surface area contributed by atoms with Crippen molar-refractivity contribution in [1.29, 1.82) is 0 Å². The van der Waals surface area contributed by atoms with Gasteiger partial charge in [0.05, 0.1) is 11.0 Å². The van der Waals surface area contributed by atoms with Crippen molar-refractivity contribution in [2.45, 2.75) is 13.5 Å². The van der Waals surface area contributed by atoms with Crippen molar-refractivity contribution >= 4 is 33.4 Å². The minimum Gasteiger partial charge on any atom is -0.324 e. The van der Waals surface area contributed by atoms with Gasteiger partial charge in [0.2, 0.25) is 5.91 Å². The van der Waals surface area contributed by atoms with Gasteiger partial charge in [-0.2, -0.15) is 5.10 Å². The average molecular weight is 410 g/mol. The van der Waals surface area contributed by atoms with Crippen molar-refractivity contribution in [3.63, 3.8) is 0 Å². The number of pyridine rings is 1. The lowest BCUT2D eigenvalue weighted by atomic mass is 10.1. The third-order valence-electron chi connectivity index (χ3n) is 5.21. The van der Waals surface area contributed by atoms with Gasteiger partial charge < -0.3 is 5.32 Å². The lowest BCUT2D eigenvalue weighted by molar-refractivity contribution is -0.116. The highest BCUT2D eigenvalue weighted by atomic mass is 19.1. The molecule has 6 heteroatoms. The zero-order chi connectivity index (χ0) is 21.4. The van der Waals surface area contributed by atoms with Crippen LogP contribution in [0.5, 0.6) is 0 Å². The van der Waals surface area contributed by atoms with Crippen LogP contribution in [0.15, 0.2) is 79.0 Å². The summed E-state index contributed by atoms with van der Waals surface area (Å²) in [6.45, 7) is 2.03. The summed E-state index contributed by atoms with van der Waals surface area (Å²) in [6.07, 6.45) is 1.81. The number of aryl methyl sites for hydroxylation is 1. The number of carbonyl (C=O) groups excluding carboxylic acids is 1. The monoisotopic (exact) mass is 410 g/mol. The van der Waals surface area contributed by atoms with Crippen LogP contribution in [0.4, 0.5) is 10.1 Å². The molecule has 0 saturated carbocycles. The van der Waals surface area contributed by atoms with E-state index in [1.807, 2.05) is 55.5 Å². The quantitative estimate of drug-likeness (QED) is 0.435. The Morgan fingerprint density at radius 1 is 1.00 bits per heavy atom. The van der Waals surface area contributed by atoms with Gasteiger partial charge in [-0.1, -0.05) is 54.1 Å². The van der Waals surface area contributed by atoms with Gasteiger partial charge in [0.25, 0.3) is 0 Å². The van der Waals surface area contributed by atoms with Gasteiger partial charge in [-0.15, -0.1) is 0 Å². The van der Waals surface area contributed by atoms with E-state index in [9.17, 15) is 9.18 Å². The SMILES string of the molecule is Cc1ccc(-c2nn(CC(=O)Nc3cccc(F)c3)c3c2cnc2ccccc23)cc1. The Kier molecular flexibility index (Phi) is 4.67. The molecular weight excluding hydrogens is 391 g/mol. The fraction of sp³-hybridized carbons (Fsp3) is 0.0800. The molecule has 0 aliphatic rings. The highest BCUT2D eigenvalue weighted by Gasteiger charge is 2.17. The smallest absolute Gasteiger partial charge is 0.246 e. The first-order valence-electron chi connectivity index (χ1n) is 9.95. The predicted molar refractivity (Wildman–Crippen MR) is 120 cm³/mol. The Bertz CT molecular complexity index is 1420. The molecule has 0 radical (unpaired) electrons. The Hall–Kier alpha value is -4.06. The Morgan fingerprint density at radius 2 is 1.81 bits per heavy atom. The van der Waals surface area contributed by atoms with Gasteiger partial charge in [0, 0.05) is 28.2 Å². The van der Waals surface area contributed by atoms with Gasteiger partial charge in [-0.05, 0) is 31.2 Å². The van der Waals surface area contributed by atoms with Crippen molar-refractivity contribution in [3.05, 3.63) is 90.4 Å². The number of carbonyl (C=O) groups is 1. The molecular formula is C25H19FN4O. The highest BCUT2D eigenvalue weighted by molar-refractivity contribution is 6.08. The van der Waals surface area contributed by atoms with Gasteiger partial charge in [-0.3, -0.25) is 14.5 Å². The van der Waals surface area contributed by atoms with Gasteiger partial charge in [0.1, 0.15) is 18.1 Å². The molecule has 31 heavy (non-hydrogen) atoms. The number of nitrogens with one attached hydrogen (secondary N) is 1. The highest BCUT2D eigenvalue weighted by Crippen LogP contribution is 2.32. The standard InChI is InChI=1S/C25H19FN4O/c1-16-9-11-17(12-10-16)24-21-14-27-22-8-3-2-7-20(22)25(21)30(29-24)15-23(31)28-19-6-4-5-18(26)13-19/h2-14H,15H2,1H3,(H,28,31). The van der Waals surface area contributed by atoms with Crippen LogP contribution in [-0.4, -0.2) is 20.7 Å². The molecule has 0 spiro atoms. The summed E-state index contributed by atoms with van der Waals surface area (Å²) in [6, 6.07) is 21.7. The molecule has 1 N–H and O–H groups in total. The number of nitrogens with zero attached hydrogens (tertiary/aromatic N) is 3. The molecule has 5 nitrogen and oxygen atoms in total. The Balaban J connectivity index is 1.61. The van der Waals surface area contributed by atoms with Crippen molar-refractivity contribution in [1.82, 2.24) is 14.8 Å². The second kappa shape index (κ2) is 7.65. The van der Waals surface area contributed by atoms with Gasteiger partial charge in [0.15, 0.2) is 0 Å². The molecule has 2 aromatic heterocycles. The first kappa shape index (κ1) is 18.9. The molecule has 152 valence electrons. The largest absolute Gasteiger partial charge is 0.324 e. The summed E-state index contributed by atoms with van der Waals surface area (Å²) >= 11 is 0. The van der Waals surface area contributed by atoms with Crippen molar-refractivity contribution in [2.24, 2.45) is 0 Å². The summed E-state index contributed by atoms with van der Waals surface area (Å²) in [7, 11) is 0. The maximum atomic E-state index is 13.5. The van der Waals surface area contributed by atoms with Crippen LogP contribution in [0.3, 0.4) is 0 Å². The number of hydrogen-bond donors (Lipinski definition) is 1. The van der Waals surface area contributed by atoms with E-state index in [0.717, 1.165) is 38.6 Å². The molecule has 0 aliphatic heterocycles. The molecule has 5 aromatic rings. The zero-order valence-corrected chi connectivity index (χ0v) is 16.8. The molecule has 0 unspecified atom stereocenters. The average Bonchev–Trinajstić information content (AvgIpc) is 3.13. The molecule has 0 bridgehead atoms. The van der Waals surface area contributed by atoms with Crippen LogP contribution < -0.4 is 5.32 Å². The molecule has 0 aliphatic carbocycles. The second-order valence-corrected chi connectivity index (χ2v) is 7.47. The first-order chi connectivity index (χ1) is 15.1. The maximum Gasteiger partial charge on any atom is 0.246 e. The third-order valence-corrected chi connectivity index (χ3v) is 5.21. The predicted octanol–water partition coefficient (Wildman–Crippen LogP) is 5.34. The number of amides is 1. The van der Waals surface area contributed by atoms with E-state index in [1.54, 1.807) is 23.0 Å². The molecule has 0 fully saturated rings. The summed E-state index contributed by atoms with van der Waals surface area (Å²) in [4.78, 5) is 17.3. The van der Waals surface area contributed by atoms with Crippen LogP contribution >= 0.6 is 0 Å². The summed E-state index contributed by atoms with van der Waals surface area (Å²) < 4.78 is 15.2. The summed E-state index contributed by atoms with van der Waals surface area (Å²) in [5, 5.41) is 9.32. The number of hydrogen-bond acceptors (Lipinski definition) is 3. The third kappa shape index (κ3) is 3.64. The summed E-state index contributed by atoms with van der Waals surface area (Å²) in [5.74, 6) is -0.688. The maximum absolute atomic E-state index is 13.5. The lowest BCUT2D eigenvalue weighted by Crippen LogP contribution is -2.19. The van der Waals surface area contributed by atoms with E-state index in [2.05, 4.69) is 10.3 Å². The van der Waals surface area contributed by atoms with Crippen molar-refractivity contribution in [2.75, 3.05) is 5.32 Å².